The fraction of sp³-hybridized carbons (Fsp3) is 0.514. The third kappa shape index (κ3) is 20.1. The van der Waals surface area contributed by atoms with Crippen LogP contribution in [0.1, 0.15) is 119 Å². The van der Waals surface area contributed by atoms with E-state index in [1.165, 1.54) is 191 Å². The maximum atomic E-state index is 6.32. The molecule has 12 bridgehead atoms. The van der Waals surface area contributed by atoms with Gasteiger partial charge in [0.2, 0.25) is 11.9 Å². The van der Waals surface area contributed by atoms with Crippen LogP contribution in [0.2, 0.25) is 0 Å². The Balaban J connectivity index is 0.0000000931. The summed E-state index contributed by atoms with van der Waals surface area (Å²) in [6.45, 7) is 31.2. The van der Waals surface area contributed by atoms with Crippen LogP contribution < -0.4 is 36.6 Å². The average Bonchev–Trinajstić information content (AvgIpc) is 1.56. The number of para-hydroxylation sites is 2. The Bertz CT molecular complexity index is 6380. The van der Waals surface area contributed by atoms with Crippen molar-refractivity contribution < 1.29 is 33.2 Å². The molecule has 10 aromatic rings. The molecule has 6 atom stereocenters. The van der Waals surface area contributed by atoms with Crippen molar-refractivity contribution in [1.82, 2.24) is 74.3 Å². The number of nitrogens with one attached hydrogen (secondary N) is 6. The maximum Gasteiger partial charge on any atom is 0.292 e. The second-order valence-corrected chi connectivity index (χ2v) is 43.8. The normalized spacial score (nSPS) is 31.8. The third-order valence-corrected chi connectivity index (χ3v) is 34.2. The highest BCUT2D eigenvalue weighted by molar-refractivity contribution is 9.10. The molecular weight excluding hydrogens is 1880 g/mol. The average molecular weight is 2010 g/mol. The molecule has 19 fully saturated rings. The van der Waals surface area contributed by atoms with E-state index < -0.39 is 0 Å². The van der Waals surface area contributed by atoms with Crippen LogP contribution in [0.4, 0.5) is 35.2 Å². The van der Waals surface area contributed by atoms with Crippen LogP contribution in [0.5, 0.6) is 5.75 Å². The minimum atomic E-state index is -0.156. The van der Waals surface area contributed by atoms with Crippen molar-refractivity contribution >= 4 is 109 Å². The SMILES string of the molecule is Brc1cnc(NC2=NC[C@@]3(CN4CCC3CC4)O2)nc1-c1ccccc1.Cc1cccc(-c2cnc(NC3=NC[C@@]4(CN5CCC4CC5)O3)nc2)c1.Cc1cnc(NC2=NC[C@@]3(CN4CCC3CC4)O2)cc1C.c1cc(OC2CCCC2)cc(NC2=NC[C@@]3(CN4CCC3CC4)O2)n1.c1ccc2cc(NC3=NC[C@@]4(CN5CCC4CC5)O3)ncc2c1.c1ccc2nc(NC3=NC[C@@]4(CN5CCC4CC5)O3)cnc2c1. The van der Waals surface area contributed by atoms with Crippen molar-refractivity contribution in [2.75, 3.05) is 189 Å². The fourth-order valence-corrected chi connectivity index (χ4v) is 25.9. The molecule has 6 spiro atoms. The maximum absolute atomic E-state index is 6.32. The van der Waals surface area contributed by atoms with E-state index in [9.17, 15) is 0 Å². The van der Waals surface area contributed by atoms with Crippen LogP contribution in [0.15, 0.2) is 205 Å². The van der Waals surface area contributed by atoms with Crippen molar-refractivity contribution in [2.45, 2.75) is 163 Å². The molecule has 0 unspecified atom stereocenters. The summed E-state index contributed by atoms with van der Waals surface area (Å²) in [6, 6.07) is 46.0. The Morgan fingerprint density at radius 1 is 0.312 bits per heavy atom. The Labute approximate surface area is 849 Å². The lowest BCUT2D eigenvalue weighted by Crippen LogP contribution is -2.61. The first-order valence-electron chi connectivity index (χ1n) is 52.4. The number of amidine groups is 6. The molecule has 4 aromatic carbocycles. The first-order valence-corrected chi connectivity index (χ1v) is 53.2. The number of aryl methyl sites for hydroxylation is 3. The van der Waals surface area contributed by atoms with Crippen molar-refractivity contribution in [3.8, 4) is 28.1 Å². The number of aromatic nitrogens is 9. The topological polar surface area (TPSA) is 346 Å². The van der Waals surface area contributed by atoms with Gasteiger partial charge in [-0.25, -0.2) is 69.8 Å². The van der Waals surface area contributed by atoms with Gasteiger partial charge in [0.15, 0.2) is 5.82 Å². The van der Waals surface area contributed by atoms with Crippen molar-refractivity contribution in [3.05, 3.63) is 192 Å². The predicted octanol–water partition coefficient (Wildman–Crippen LogP) is 14.9. The van der Waals surface area contributed by atoms with Gasteiger partial charge in [0.25, 0.3) is 36.1 Å². The molecule has 30 heterocycles. The molecule has 0 amide bonds. The van der Waals surface area contributed by atoms with Crippen LogP contribution in [-0.4, -0.2) is 307 Å². The molecule has 34 nitrogen and oxygen atoms in total. The van der Waals surface area contributed by atoms with E-state index in [0.29, 0.717) is 95.5 Å². The number of ether oxygens (including phenoxy) is 7. The van der Waals surface area contributed by atoms with Gasteiger partial charge in [-0.2, -0.15) is 0 Å². The number of rotatable bonds is 10. The van der Waals surface area contributed by atoms with Gasteiger partial charge in [-0.3, -0.25) is 66.3 Å². The van der Waals surface area contributed by atoms with E-state index in [4.69, 9.17) is 33.2 Å². The second-order valence-electron chi connectivity index (χ2n) is 42.9. The summed E-state index contributed by atoms with van der Waals surface area (Å²) in [5.41, 5.74) is 8.69. The Morgan fingerprint density at radius 3 is 1.16 bits per heavy atom. The number of halogens is 1. The molecule has 25 aliphatic rings. The summed E-state index contributed by atoms with van der Waals surface area (Å²) >= 11 is 3.54. The van der Waals surface area contributed by atoms with E-state index in [2.05, 4.69) is 203 Å². The van der Waals surface area contributed by atoms with Gasteiger partial charge >= 0.3 is 0 Å². The number of benzene rings is 4. The summed E-state index contributed by atoms with van der Waals surface area (Å²) in [5, 5.41) is 21.6. The largest absolute Gasteiger partial charge is 0.490 e. The number of hydrogen-bond donors (Lipinski definition) is 6. The lowest BCUT2D eigenvalue weighted by molar-refractivity contribution is -0.0830. The highest BCUT2D eigenvalue weighted by atomic mass is 79.9. The summed E-state index contributed by atoms with van der Waals surface area (Å²) in [4.78, 5) is 82.8. The highest BCUT2D eigenvalue weighted by Gasteiger charge is 2.58. The molecule has 24 aliphatic heterocycles. The number of piperidine rings is 18. The molecule has 18 saturated heterocycles. The Kier molecular flexibility index (Phi) is 26.3. The smallest absolute Gasteiger partial charge is 0.292 e. The van der Waals surface area contributed by atoms with Crippen LogP contribution in [0.25, 0.3) is 44.2 Å². The molecule has 6 aromatic heterocycles. The lowest BCUT2D eigenvalue weighted by Gasteiger charge is -2.50. The molecule has 35 rings (SSSR count). The zero-order chi connectivity index (χ0) is 96.8. The zero-order valence-electron chi connectivity index (χ0n) is 82.6. The molecule has 1 saturated carbocycles. The van der Waals surface area contributed by atoms with Gasteiger partial charge in [-0.1, -0.05) is 96.6 Å². The van der Waals surface area contributed by atoms with Gasteiger partial charge in [-0.15, -0.1) is 0 Å². The first kappa shape index (κ1) is 94.1. The van der Waals surface area contributed by atoms with E-state index in [1.807, 2.05) is 122 Å². The summed E-state index contributed by atoms with van der Waals surface area (Å²) in [5.74, 6) is 8.69. The third-order valence-electron chi connectivity index (χ3n) is 33.6. The summed E-state index contributed by atoms with van der Waals surface area (Å²) < 4.78 is 44.6. The lowest BCUT2D eigenvalue weighted by atomic mass is 9.75. The highest BCUT2D eigenvalue weighted by Crippen LogP contribution is 2.48. The minimum Gasteiger partial charge on any atom is -0.490 e. The molecule has 1 aliphatic carbocycles. The first-order chi connectivity index (χ1) is 70.5. The van der Waals surface area contributed by atoms with Crippen LogP contribution >= 0.6 is 15.9 Å². The quantitative estimate of drug-likeness (QED) is 0.0740. The van der Waals surface area contributed by atoms with Gasteiger partial charge in [0.1, 0.15) is 56.8 Å². The summed E-state index contributed by atoms with van der Waals surface area (Å²) in [7, 11) is 0. The molecule has 750 valence electrons. The molecular formula is C109H130BrN27O7. The van der Waals surface area contributed by atoms with E-state index in [1.54, 1.807) is 18.6 Å². The van der Waals surface area contributed by atoms with Crippen molar-refractivity contribution in [1.29, 1.82) is 0 Å². The van der Waals surface area contributed by atoms with Crippen LogP contribution in [0.3, 0.4) is 0 Å². The van der Waals surface area contributed by atoms with Gasteiger partial charge in [-0.05, 0) is 270 Å². The number of pyridine rings is 3. The zero-order valence-corrected chi connectivity index (χ0v) is 84.2. The van der Waals surface area contributed by atoms with Crippen LogP contribution in [0, 0.1) is 56.3 Å². The predicted molar refractivity (Wildman–Crippen MR) is 563 cm³/mol. The fourth-order valence-electron chi connectivity index (χ4n) is 25.5. The number of anilines is 6. The van der Waals surface area contributed by atoms with Crippen molar-refractivity contribution in [3.63, 3.8) is 0 Å². The molecule has 35 heteroatoms. The van der Waals surface area contributed by atoms with Gasteiger partial charge < -0.3 is 33.2 Å². The van der Waals surface area contributed by atoms with Gasteiger partial charge in [0.05, 0.1) is 72.8 Å². The number of nitrogens with zero attached hydrogens (tertiary/aromatic N) is 21. The minimum absolute atomic E-state index is 0.0847. The Hall–Kier alpha value is -12.3. The van der Waals surface area contributed by atoms with Crippen molar-refractivity contribution in [2.24, 2.45) is 65.5 Å². The summed E-state index contributed by atoms with van der Waals surface area (Å²) in [6.07, 6.45) is 32.6. The van der Waals surface area contributed by atoms with E-state index >= 15 is 0 Å². The molecule has 0 radical (unpaired) electrons. The standard InChI is InChI=1S/C20H23N5O.C19H20BrN5O.C19H26N4O2.C18H20N4O.C17H19N5O.C16H22N4O/c1-14-3-2-4-15(9-14)16-10-21-18(22-11-16)24-19-23-12-20(26-19)13-25-7-5-17(20)6-8-25;20-15-10-21-17(23-16(15)13-4-2-1-3-5-13)24-18-22-11-19(26-18)12-25-8-6-14(19)7-9-25;1-2-4-15(3-1)24-16-5-8-20-17(11-16)22-18-21-12-19(25-18)13-23-9-6-14(19)7-10-23;1-2-4-14-10-19-16(9-13(14)3-1)21-17-20-11-18(23-17)12-22-7-5-15(18)6-8-22;1-2-4-14-13(3-1)18-9-15(20-14)21-16-19-10-17(23-16)11-22-7-5-12(17)6-8-22;1-11-7-14(17-8-12(11)2)19-15-18-9-16(21-15)10-20-5-3-13(16)4-6-20/h2-4,9-11,17H,5-8,12-13H2,1H3,(H,21,22,23,24);1-5,10,14H,6-9,11-12H2,(H,21,22,23,24);5,8,11,14-15H,1-4,6-7,9-10,12-13H2,(H,20,21,22);1-4,9-10,15H,5-8,11-12H2,(H,19,20,21);1-4,9,12H,5-8,10-11H2,(H,19,20,21);7-8,13H,3-6,9-10H2,1-2H3,(H,17,18,19)/t20-;2*19-;18-;17-;16-/m000000/s1. The Morgan fingerprint density at radius 2 is 0.708 bits per heavy atom. The number of hydrogen-bond acceptors (Lipinski definition) is 34. The number of aliphatic imine (C=N–C) groups is 6. The van der Waals surface area contributed by atoms with Gasteiger partial charge in [0, 0.05) is 135 Å². The molecule has 6 N–H and O–H groups in total. The van der Waals surface area contributed by atoms with Crippen LogP contribution in [-0.2, 0) is 28.4 Å². The van der Waals surface area contributed by atoms with E-state index in [0.717, 1.165) is 158 Å². The molecule has 144 heavy (non-hydrogen) atoms. The van der Waals surface area contributed by atoms with E-state index in [-0.39, 0.29) is 33.6 Å². The second kappa shape index (κ2) is 40.3. The monoisotopic (exact) mass is 2010 g/mol. The number of fused-ring (bicyclic) bond motifs is 14.